The lowest BCUT2D eigenvalue weighted by Gasteiger charge is -2.01. The summed E-state index contributed by atoms with van der Waals surface area (Å²) >= 11 is 5.86. The summed E-state index contributed by atoms with van der Waals surface area (Å²) in [5.41, 5.74) is 7.58. The van der Waals surface area contributed by atoms with Gasteiger partial charge < -0.3 is 10.4 Å². The van der Waals surface area contributed by atoms with Crippen LogP contribution in [0.3, 0.4) is 0 Å². The van der Waals surface area contributed by atoms with Crippen molar-refractivity contribution in [3.63, 3.8) is 0 Å². The van der Waals surface area contributed by atoms with Gasteiger partial charge in [-0.05, 0) is 30.7 Å². The highest BCUT2D eigenvalue weighted by Crippen LogP contribution is 2.19. The number of benzene rings is 2. The lowest BCUT2D eigenvalue weighted by molar-refractivity contribution is 0.748. The number of hydrazone groups is 1. The molecule has 0 amide bonds. The van der Waals surface area contributed by atoms with Gasteiger partial charge in [0.1, 0.15) is 0 Å². The Hall–Kier alpha value is -2.26. The molecule has 0 atom stereocenters. The monoisotopic (exact) mass is 297 g/mol. The number of H-pyrrole nitrogens is 1. The van der Waals surface area contributed by atoms with Crippen LogP contribution in [-0.4, -0.2) is 11.2 Å². The van der Waals surface area contributed by atoms with Crippen LogP contribution in [0.4, 0.5) is 0 Å². The Kier molecular flexibility index (Phi) is 3.93. The van der Waals surface area contributed by atoms with Gasteiger partial charge in [0, 0.05) is 27.2 Å². The molecule has 2 N–H and O–H groups in total. The minimum absolute atomic E-state index is 0.676. The highest BCUT2D eigenvalue weighted by Gasteiger charge is 2.04. The fourth-order valence-electron chi connectivity index (χ4n) is 2.31. The molecular weight excluding hydrogens is 282 g/mol. The Morgan fingerprint density at radius 2 is 1.90 bits per heavy atom. The number of nitrogens with zero attached hydrogens (tertiary/aromatic N) is 1. The first-order valence-electron chi connectivity index (χ1n) is 6.82. The van der Waals surface area contributed by atoms with E-state index in [1.54, 1.807) is 0 Å². The van der Waals surface area contributed by atoms with Crippen LogP contribution < -0.4 is 5.43 Å². The van der Waals surface area contributed by atoms with Crippen LogP contribution in [0.1, 0.15) is 16.8 Å². The second-order valence-electron chi connectivity index (χ2n) is 4.93. The average Bonchev–Trinajstić information content (AvgIpc) is 2.81. The molecule has 3 rings (SSSR count). The number of aryl methyl sites for hydroxylation is 1. The predicted molar refractivity (Wildman–Crippen MR) is 88.9 cm³/mol. The van der Waals surface area contributed by atoms with E-state index in [0.29, 0.717) is 6.54 Å². The Labute approximate surface area is 128 Å². The van der Waals surface area contributed by atoms with E-state index < -0.39 is 0 Å². The molecule has 21 heavy (non-hydrogen) atoms. The molecule has 1 heterocycles. The normalized spacial score (nSPS) is 11.3. The van der Waals surface area contributed by atoms with Crippen molar-refractivity contribution in [2.75, 3.05) is 0 Å². The summed E-state index contributed by atoms with van der Waals surface area (Å²) in [6.07, 6.45) is 1.87. The number of hydrogen-bond acceptors (Lipinski definition) is 2. The Morgan fingerprint density at radius 3 is 2.71 bits per heavy atom. The smallest absolute Gasteiger partial charge is 0.0580 e. The van der Waals surface area contributed by atoms with E-state index in [-0.39, 0.29) is 0 Å². The number of aromatic amines is 1. The van der Waals surface area contributed by atoms with Gasteiger partial charge in [0.25, 0.3) is 0 Å². The SMILES string of the molecule is Cc1[nH]c2ccccc2c1/C=N\NCc1ccc(Cl)cc1. The molecule has 4 heteroatoms. The molecule has 0 fully saturated rings. The van der Waals surface area contributed by atoms with Gasteiger partial charge in [0.2, 0.25) is 0 Å². The van der Waals surface area contributed by atoms with Crippen LogP contribution in [0.2, 0.25) is 5.02 Å². The fraction of sp³-hybridized carbons (Fsp3) is 0.118. The van der Waals surface area contributed by atoms with Gasteiger partial charge in [0.05, 0.1) is 12.8 Å². The molecular formula is C17H16ClN3. The molecule has 0 saturated heterocycles. The van der Waals surface area contributed by atoms with Gasteiger partial charge in [-0.2, -0.15) is 5.10 Å². The van der Waals surface area contributed by atoms with E-state index in [2.05, 4.69) is 34.6 Å². The molecule has 0 aliphatic heterocycles. The molecule has 106 valence electrons. The maximum Gasteiger partial charge on any atom is 0.0580 e. The lowest BCUT2D eigenvalue weighted by Crippen LogP contribution is -2.05. The van der Waals surface area contributed by atoms with Crippen LogP contribution >= 0.6 is 11.6 Å². The number of hydrogen-bond donors (Lipinski definition) is 2. The van der Waals surface area contributed by atoms with Gasteiger partial charge in [-0.1, -0.05) is 41.9 Å². The average molecular weight is 298 g/mol. The molecule has 3 nitrogen and oxygen atoms in total. The number of rotatable bonds is 4. The lowest BCUT2D eigenvalue weighted by atomic mass is 10.1. The zero-order valence-electron chi connectivity index (χ0n) is 11.7. The third kappa shape index (κ3) is 3.09. The number of halogens is 1. The zero-order chi connectivity index (χ0) is 14.7. The van der Waals surface area contributed by atoms with Crippen LogP contribution in [0.5, 0.6) is 0 Å². The van der Waals surface area contributed by atoms with E-state index in [4.69, 9.17) is 11.6 Å². The second-order valence-corrected chi connectivity index (χ2v) is 5.37. The van der Waals surface area contributed by atoms with Crippen LogP contribution in [-0.2, 0) is 6.54 Å². The van der Waals surface area contributed by atoms with Crippen molar-refractivity contribution in [3.8, 4) is 0 Å². The molecule has 1 aromatic heterocycles. The summed E-state index contributed by atoms with van der Waals surface area (Å²) in [5, 5.41) is 6.25. The van der Waals surface area contributed by atoms with Crippen LogP contribution in [0.25, 0.3) is 10.9 Å². The molecule has 0 saturated carbocycles. The topological polar surface area (TPSA) is 40.2 Å². The third-order valence-corrected chi connectivity index (χ3v) is 3.68. The van der Waals surface area contributed by atoms with E-state index in [1.165, 1.54) is 5.39 Å². The minimum Gasteiger partial charge on any atom is -0.358 e. The van der Waals surface area contributed by atoms with Crippen molar-refractivity contribution in [1.29, 1.82) is 0 Å². The van der Waals surface area contributed by atoms with Crippen molar-refractivity contribution >= 4 is 28.7 Å². The van der Waals surface area contributed by atoms with Gasteiger partial charge >= 0.3 is 0 Å². The zero-order valence-corrected chi connectivity index (χ0v) is 12.5. The molecule has 0 radical (unpaired) electrons. The Balaban J connectivity index is 1.70. The summed E-state index contributed by atoms with van der Waals surface area (Å²) in [6, 6.07) is 16.0. The highest BCUT2D eigenvalue weighted by molar-refractivity contribution is 6.30. The molecule has 0 aliphatic carbocycles. The Bertz CT molecular complexity index is 772. The van der Waals surface area contributed by atoms with E-state index in [1.807, 2.05) is 42.6 Å². The van der Waals surface area contributed by atoms with Crippen molar-refractivity contribution < 1.29 is 0 Å². The number of fused-ring (bicyclic) bond motifs is 1. The largest absolute Gasteiger partial charge is 0.358 e. The maximum absolute atomic E-state index is 5.86. The summed E-state index contributed by atoms with van der Waals surface area (Å²) < 4.78 is 0. The van der Waals surface area contributed by atoms with Crippen molar-refractivity contribution in [2.24, 2.45) is 5.10 Å². The summed E-state index contributed by atoms with van der Waals surface area (Å²) in [6.45, 7) is 2.73. The van der Waals surface area contributed by atoms with Gasteiger partial charge in [-0.25, -0.2) is 0 Å². The van der Waals surface area contributed by atoms with E-state index in [0.717, 1.165) is 27.4 Å². The molecule has 3 aromatic rings. The predicted octanol–water partition coefficient (Wildman–Crippen LogP) is 4.25. The summed E-state index contributed by atoms with van der Waals surface area (Å²) in [7, 11) is 0. The number of para-hydroxylation sites is 1. The first kappa shape index (κ1) is 13.7. The fourth-order valence-corrected chi connectivity index (χ4v) is 2.44. The Morgan fingerprint density at radius 1 is 1.14 bits per heavy atom. The van der Waals surface area contributed by atoms with E-state index >= 15 is 0 Å². The van der Waals surface area contributed by atoms with Crippen LogP contribution in [0.15, 0.2) is 53.6 Å². The highest BCUT2D eigenvalue weighted by atomic mass is 35.5. The van der Waals surface area contributed by atoms with Crippen molar-refractivity contribution in [3.05, 3.63) is 70.4 Å². The number of nitrogens with one attached hydrogen (secondary N) is 2. The van der Waals surface area contributed by atoms with E-state index in [9.17, 15) is 0 Å². The third-order valence-electron chi connectivity index (χ3n) is 3.42. The first-order valence-corrected chi connectivity index (χ1v) is 7.19. The van der Waals surface area contributed by atoms with Gasteiger partial charge in [-0.3, -0.25) is 0 Å². The molecule has 0 aliphatic rings. The molecule has 0 spiro atoms. The summed E-state index contributed by atoms with van der Waals surface area (Å²) in [5.74, 6) is 0. The molecule has 0 unspecified atom stereocenters. The van der Waals surface area contributed by atoms with Crippen LogP contribution in [0, 0.1) is 6.92 Å². The minimum atomic E-state index is 0.676. The molecule has 2 aromatic carbocycles. The second kappa shape index (κ2) is 6.02. The first-order chi connectivity index (χ1) is 10.2. The number of aromatic nitrogens is 1. The van der Waals surface area contributed by atoms with Gasteiger partial charge in [-0.15, -0.1) is 0 Å². The standard InChI is InChI=1S/C17H16ClN3/c1-12-16(15-4-2-3-5-17(15)21-12)11-20-19-10-13-6-8-14(18)9-7-13/h2-9,11,19,21H,10H2,1H3/b20-11-. The van der Waals surface area contributed by atoms with Crippen molar-refractivity contribution in [1.82, 2.24) is 10.4 Å². The summed E-state index contributed by atoms with van der Waals surface area (Å²) in [4.78, 5) is 3.36. The maximum atomic E-state index is 5.86. The molecule has 0 bridgehead atoms. The van der Waals surface area contributed by atoms with Gasteiger partial charge in [0.15, 0.2) is 0 Å². The van der Waals surface area contributed by atoms with Crippen molar-refractivity contribution in [2.45, 2.75) is 13.5 Å². The quantitative estimate of drug-likeness (QED) is 0.548.